The summed E-state index contributed by atoms with van der Waals surface area (Å²) in [4.78, 5) is 0. The van der Waals surface area contributed by atoms with Gasteiger partial charge in [0.2, 0.25) is 0 Å². The molecule has 1 fully saturated rings. The van der Waals surface area contributed by atoms with Gasteiger partial charge in [-0.25, -0.2) is 0 Å². The molecule has 1 aliphatic rings. The Morgan fingerprint density at radius 3 is 2.18 bits per heavy atom. The fourth-order valence-electron chi connectivity index (χ4n) is 2.53. The minimum Gasteiger partial charge on any atom is -0.356 e. The molecule has 17 heavy (non-hydrogen) atoms. The Labute approximate surface area is 105 Å². The first-order chi connectivity index (χ1) is 8.30. The molecule has 1 aliphatic carbocycles. The van der Waals surface area contributed by atoms with Gasteiger partial charge < -0.3 is 20.5 Å². The number of nitrogens with two attached hydrogens (primary N) is 1. The number of ether oxygens (including phenoxy) is 2. The van der Waals surface area contributed by atoms with Gasteiger partial charge in [-0.05, 0) is 12.8 Å². The van der Waals surface area contributed by atoms with Gasteiger partial charge in [0.1, 0.15) is 0 Å². The van der Waals surface area contributed by atoms with E-state index in [4.69, 9.17) is 15.2 Å². The van der Waals surface area contributed by atoms with Gasteiger partial charge in [-0.15, -0.1) is 0 Å². The van der Waals surface area contributed by atoms with E-state index in [2.05, 4.69) is 5.32 Å². The molecule has 0 amide bonds. The highest BCUT2D eigenvalue weighted by Crippen LogP contribution is 2.18. The highest BCUT2D eigenvalue weighted by atomic mass is 16.7. The molecule has 0 aliphatic heterocycles. The van der Waals surface area contributed by atoms with Crippen LogP contribution < -0.4 is 11.1 Å². The zero-order valence-electron chi connectivity index (χ0n) is 11.3. The van der Waals surface area contributed by atoms with Crippen LogP contribution in [0.5, 0.6) is 0 Å². The van der Waals surface area contributed by atoms with Crippen molar-refractivity contribution < 1.29 is 9.47 Å². The minimum absolute atomic E-state index is 0.151. The third-order valence-electron chi connectivity index (χ3n) is 3.61. The zero-order valence-corrected chi connectivity index (χ0v) is 11.3. The van der Waals surface area contributed by atoms with Crippen LogP contribution in [0.3, 0.4) is 0 Å². The monoisotopic (exact) mass is 244 g/mol. The van der Waals surface area contributed by atoms with Gasteiger partial charge in [-0.3, -0.25) is 0 Å². The van der Waals surface area contributed by atoms with Gasteiger partial charge in [-0.2, -0.15) is 0 Å². The van der Waals surface area contributed by atoms with E-state index in [0.717, 1.165) is 6.42 Å². The molecule has 4 heteroatoms. The smallest absolute Gasteiger partial charge is 0.158 e. The van der Waals surface area contributed by atoms with Gasteiger partial charge in [0.15, 0.2) is 6.29 Å². The van der Waals surface area contributed by atoms with Crippen LogP contribution >= 0.6 is 0 Å². The van der Waals surface area contributed by atoms with Gasteiger partial charge in [0.25, 0.3) is 0 Å². The second-order valence-electron chi connectivity index (χ2n) is 4.92. The average Bonchev–Trinajstić information content (AvgIpc) is 2.62. The first-order valence-corrected chi connectivity index (χ1v) is 6.81. The fraction of sp³-hybridized carbons (Fsp3) is 1.00. The van der Waals surface area contributed by atoms with Crippen molar-refractivity contribution in [2.45, 2.75) is 63.3 Å². The molecule has 1 saturated carbocycles. The van der Waals surface area contributed by atoms with Crippen molar-refractivity contribution >= 4 is 0 Å². The summed E-state index contributed by atoms with van der Waals surface area (Å²) in [7, 11) is 3.35. The molecule has 0 aromatic rings. The summed E-state index contributed by atoms with van der Waals surface area (Å²) in [6.45, 7) is 0.639. The van der Waals surface area contributed by atoms with E-state index in [0.29, 0.717) is 18.6 Å². The van der Waals surface area contributed by atoms with Crippen molar-refractivity contribution in [1.82, 2.24) is 5.32 Å². The highest BCUT2D eigenvalue weighted by Gasteiger charge is 2.19. The predicted octanol–water partition coefficient (Wildman–Crippen LogP) is 1.64. The standard InChI is InChI=1S/C13H28N2O2/c1-16-13(17-2)9-12(10-14)15-11-7-5-3-4-6-8-11/h11-13,15H,3-10,14H2,1-2H3. The van der Waals surface area contributed by atoms with Crippen molar-refractivity contribution in [3.8, 4) is 0 Å². The van der Waals surface area contributed by atoms with E-state index in [1.807, 2.05) is 0 Å². The van der Waals surface area contributed by atoms with Gasteiger partial charge in [-0.1, -0.05) is 25.7 Å². The Hall–Kier alpha value is -0.160. The van der Waals surface area contributed by atoms with Crippen LogP contribution in [0.4, 0.5) is 0 Å². The summed E-state index contributed by atoms with van der Waals surface area (Å²) in [6.07, 6.45) is 8.67. The molecule has 0 saturated heterocycles. The number of methoxy groups -OCH3 is 2. The van der Waals surface area contributed by atoms with Gasteiger partial charge >= 0.3 is 0 Å². The van der Waals surface area contributed by atoms with Crippen molar-refractivity contribution in [1.29, 1.82) is 0 Å². The van der Waals surface area contributed by atoms with Crippen LogP contribution in [-0.4, -0.2) is 39.1 Å². The summed E-state index contributed by atoms with van der Waals surface area (Å²) in [5.74, 6) is 0. The Morgan fingerprint density at radius 2 is 1.71 bits per heavy atom. The number of nitrogens with one attached hydrogen (secondary N) is 1. The SMILES string of the molecule is COC(CC(CN)NC1CCCCCC1)OC. The number of hydrogen-bond donors (Lipinski definition) is 2. The summed E-state index contributed by atoms with van der Waals surface area (Å²) in [6, 6.07) is 0.920. The molecule has 3 N–H and O–H groups in total. The molecule has 1 rings (SSSR count). The highest BCUT2D eigenvalue weighted by molar-refractivity contribution is 4.78. The normalized spacial score (nSPS) is 20.5. The molecule has 1 atom stereocenters. The van der Waals surface area contributed by atoms with Gasteiger partial charge in [0, 0.05) is 39.3 Å². The molecule has 0 bridgehead atoms. The fourth-order valence-corrected chi connectivity index (χ4v) is 2.53. The lowest BCUT2D eigenvalue weighted by Gasteiger charge is -2.26. The molecule has 0 aromatic carbocycles. The third kappa shape index (κ3) is 5.82. The minimum atomic E-state index is -0.151. The predicted molar refractivity (Wildman–Crippen MR) is 69.9 cm³/mol. The molecule has 0 heterocycles. The summed E-state index contributed by atoms with van der Waals surface area (Å²) in [5, 5.41) is 3.66. The topological polar surface area (TPSA) is 56.5 Å². The molecular formula is C13H28N2O2. The van der Waals surface area contributed by atoms with E-state index >= 15 is 0 Å². The lowest BCUT2D eigenvalue weighted by atomic mass is 10.1. The molecule has 1 unspecified atom stereocenters. The van der Waals surface area contributed by atoms with E-state index in [1.165, 1.54) is 38.5 Å². The Morgan fingerprint density at radius 1 is 1.12 bits per heavy atom. The second-order valence-corrected chi connectivity index (χ2v) is 4.92. The number of hydrogen-bond acceptors (Lipinski definition) is 4. The summed E-state index contributed by atoms with van der Waals surface area (Å²) in [5.41, 5.74) is 5.81. The van der Waals surface area contributed by atoms with Crippen LogP contribution in [0.1, 0.15) is 44.9 Å². The maximum absolute atomic E-state index is 5.81. The van der Waals surface area contributed by atoms with Crippen molar-refractivity contribution in [3.63, 3.8) is 0 Å². The van der Waals surface area contributed by atoms with Crippen molar-refractivity contribution in [2.24, 2.45) is 5.73 Å². The Kier molecular flexibility index (Phi) is 7.77. The zero-order chi connectivity index (χ0) is 12.5. The summed E-state index contributed by atoms with van der Waals surface area (Å²) < 4.78 is 10.5. The first-order valence-electron chi connectivity index (χ1n) is 6.81. The van der Waals surface area contributed by atoms with E-state index in [9.17, 15) is 0 Å². The van der Waals surface area contributed by atoms with Crippen LogP contribution in [-0.2, 0) is 9.47 Å². The van der Waals surface area contributed by atoms with E-state index in [-0.39, 0.29) is 6.29 Å². The molecule has 4 nitrogen and oxygen atoms in total. The maximum atomic E-state index is 5.81. The average molecular weight is 244 g/mol. The van der Waals surface area contributed by atoms with Crippen LogP contribution in [0.25, 0.3) is 0 Å². The van der Waals surface area contributed by atoms with E-state index < -0.39 is 0 Å². The lowest BCUT2D eigenvalue weighted by Crippen LogP contribution is -2.45. The molecule has 102 valence electrons. The molecular weight excluding hydrogens is 216 g/mol. The molecule has 0 radical (unpaired) electrons. The van der Waals surface area contributed by atoms with Crippen molar-refractivity contribution in [2.75, 3.05) is 20.8 Å². The van der Waals surface area contributed by atoms with Crippen LogP contribution in [0, 0.1) is 0 Å². The second kappa shape index (κ2) is 8.86. The number of rotatable bonds is 7. The first kappa shape index (κ1) is 14.9. The Bertz CT molecular complexity index is 178. The Balaban J connectivity index is 2.33. The molecule has 0 aromatic heterocycles. The van der Waals surface area contributed by atoms with Crippen molar-refractivity contribution in [3.05, 3.63) is 0 Å². The summed E-state index contributed by atoms with van der Waals surface area (Å²) >= 11 is 0. The molecule has 0 spiro atoms. The van der Waals surface area contributed by atoms with Gasteiger partial charge in [0.05, 0.1) is 0 Å². The maximum Gasteiger partial charge on any atom is 0.158 e. The van der Waals surface area contributed by atoms with Crippen LogP contribution in [0.2, 0.25) is 0 Å². The van der Waals surface area contributed by atoms with Crippen LogP contribution in [0.15, 0.2) is 0 Å². The van der Waals surface area contributed by atoms with E-state index in [1.54, 1.807) is 14.2 Å². The quantitative estimate of drug-likeness (QED) is 0.528. The third-order valence-corrected chi connectivity index (χ3v) is 3.61. The largest absolute Gasteiger partial charge is 0.356 e. The lowest BCUT2D eigenvalue weighted by molar-refractivity contribution is -0.110.